The summed E-state index contributed by atoms with van der Waals surface area (Å²) in [6, 6.07) is 24.9. The maximum atomic E-state index is 13.9. The molecule has 52 heavy (non-hydrogen) atoms. The van der Waals surface area contributed by atoms with Crippen LogP contribution >= 0.6 is 0 Å². The fourth-order valence-electron chi connectivity index (χ4n) is 8.23. The lowest BCUT2D eigenvalue weighted by Crippen LogP contribution is -2.56. The zero-order chi connectivity index (χ0) is 36.2. The molecule has 1 saturated carbocycles. The number of hydrogen-bond donors (Lipinski definition) is 1. The quantitative estimate of drug-likeness (QED) is 0.167. The van der Waals surface area contributed by atoms with Gasteiger partial charge in [0.1, 0.15) is 12.2 Å². The molecule has 1 N–H and O–H groups in total. The van der Waals surface area contributed by atoms with Crippen LogP contribution in [0.15, 0.2) is 78.9 Å². The Labute approximate surface area is 309 Å². The number of carbonyl (C=O) groups is 2. The SMILES string of the molecule is CC1(OC(=O)c2ccccc2)CN(C(=O)OCc2ccccc2)CCCN(CCCCc2ccc3c(c2)OCO3)CC1C1CCCCCCCC1O. The van der Waals surface area contributed by atoms with Crippen LogP contribution in [0.5, 0.6) is 11.5 Å². The Morgan fingerprint density at radius 3 is 2.37 bits per heavy atom. The summed E-state index contributed by atoms with van der Waals surface area (Å²) in [6.07, 6.45) is 9.71. The number of aryl methyl sites for hydroxylation is 1. The molecule has 1 saturated heterocycles. The van der Waals surface area contributed by atoms with Crippen LogP contribution in [0.4, 0.5) is 4.79 Å². The second-order valence-corrected chi connectivity index (χ2v) is 15.0. The molecule has 4 atom stereocenters. The lowest BCUT2D eigenvalue weighted by molar-refractivity contribution is -0.0956. The Morgan fingerprint density at radius 1 is 0.827 bits per heavy atom. The van der Waals surface area contributed by atoms with Gasteiger partial charge in [0, 0.05) is 19.0 Å². The predicted molar refractivity (Wildman–Crippen MR) is 200 cm³/mol. The number of carbonyl (C=O) groups excluding carboxylic acids is 2. The number of amides is 1. The Kier molecular flexibility index (Phi) is 13.5. The van der Waals surface area contributed by atoms with E-state index in [1.165, 1.54) is 12.0 Å². The fourth-order valence-corrected chi connectivity index (χ4v) is 8.23. The number of rotatable bonds is 10. The van der Waals surface area contributed by atoms with Crippen molar-refractivity contribution < 1.29 is 33.6 Å². The van der Waals surface area contributed by atoms with E-state index in [0.29, 0.717) is 18.7 Å². The summed E-state index contributed by atoms with van der Waals surface area (Å²) < 4.78 is 23.6. The van der Waals surface area contributed by atoms with Crippen molar-refractivity contribution in [1.29, 1.82) is 0 Å². The van der Waals surface area contributed by atoms with Crippen LogP contribution in [0.25, 0.3) is 0 Å². The molecule has 1 amide bonds. The molecule has 2 aliphatic heterocycles. The third kappa shape index (κ3) is 10.3. The van der Waals surface area contributed by atoms with Crippen LogP contribution in [0.2, 0.25) is 0 Å². The van der Waals surface area contributed by atoms with E-state index in [1.807, 2.05) is 61.5 Å². The van der Waals surface area contributed by atoms with Gasteiger partial charge < -0.3 is 33.9 Å². The second-order valence-electron chi connectivity index (χ2n) is 15.0. The van der Waals surface area contributed by atoms with Gasteiger partial charge in [-0.1, -0.05) is 86.7 Å². The topological polar surface area (TPSA) is 97.8 Å². The standard InChI is InChI=1S/C43H56N2O7/c1-43(52-41(47)35-19-9-6-10-20-35)31-45(42(48)49-30-34-17-7-5-8-18-34)27-15-26-44(29-37(43)36-21-11-3-2-4-12-22-38(36)46)25-14-13-16-33-23-24-39-40(28-33)51-32-50-39/h5-10,17-20,23-24,28,36-38,46H,2-4,11-16,21-22,25-27,29-32H2,1H3. The first-order chi connectivity index (χ1) is 25.4. The molecule has 0 aromatic heterocycles. The minimum atomic E-state index is -1.09. The van der Waals surface area contributed by atoms with Gasteiger partial charge in [-0.15, -0.1) is 0 Å². The van der Waals surface area contributed by atoms with Gasteiger partial charge in [-0.2, -0.15) is 0 Å². The van der Waals surface area contributed by atoms with Crippen LogP contribution in [-0.4, -0.2) is 78.2 Å². The van der Waals surface area contributed by atoms with E-state index in [-0.39, 0.29) is 31.8 Å². The number of esters is 1. The lowest BCUT2D eigenvalue weighted by Gasteiger charge is -2.45. The summed E-state index contributed by atoms with van der Waals surface area (Å²) in [4.78, 5) is 32.0. The highest BCUT2D eigenvalue weighted by molar-refractivity contribution is 5.89. The second kappa shape index (κ2) is 18.6. The zero-order valence-corrected chi connectivity index (χ0v) is 30.8. The van der Waals surface area contributed by atoms with Gasteiger partial charge in [-0.3, -0.25) is 0 Å². The van der Waals surface area contributed by atoms with E-state index < -0.39 is 23.8 Å². The Balaban J connectivity index is 1.26. The minimum Gasteiger partial charge on any atom is -0.454 e. The number of aliphatic hydroxyl groups is 1. The van der Waals surface area contributed by atoms with Crippen molar-refractivity contribution in [2.75, 3.05) is 39.5 Å². The van der Waals surface area contributed by atoms with Crippen molar-refractivity contribution >= 4 is 12.1 Å². The monoisotopic (exact) mass is 712 g/mol. The van der Waals surface area contributed by atoms with Crippen LogP contribution in [0.1, 0.15) is 92.6 Å². The molecule has 0 spiro atoms. The molecule has 4 unspecified atom stereocenters. The van der Waals surface area contributed by atoms with Crippen molar-refractivity contribution in [2.45, 2.75) is 95.9 Å². The van der Waals surface area contributed by atoms with Crippen LogP contribution in [-0.2, 0) is 22.5 Å². The van der Waals surface area contributed by atoms with Crippen LogP contribution in [0, 0.1) is 11.8 Å². The van der Waals surface area contributed by atoms with E-state index >= 15 is 0 Å². The number of benzene rings is 3. The van der Waals surface area contributed by atoms with Crippen molar-refractivity contribution in [3.63, 3.8) is 0 Å². The first kappa shape index (κ1) is 37.7. The number of aliphatic hydroxyl groups excluding tert-OH is 1. The summed E-state index contributed by atoms with van der Waals surface area (Å²) in [5.41, 5.74) is 1.52. The van der Waals surface area contributed by atoms with Crippen LogP contribution in [0.3, 0.4) is 0 Å². The molecular formula is C43H56N2O7. The lowest BCUT2D eigenvalue weighted by atomic mass is 9.72. The highest BCUT2D eigenvalue weighted by atomic mass is 16.7. The Hall–Kier alpha value is -4.08. The number of ether oxygens (including phenoxy) is 4. The van der Waals surface area contributed by atoms with Crippen molar-refractivity contribution in [3.05, 3.63) is 95.6 Å². The van der Waals surface area contributed by atoms with E-state index in [2.05, 4.69) is 17.0 Å². The first-order valence-corrected chi connectivity index (χ1v) is 19.4. The molecule has 6 rings (SSSR count). The zero-order valence-electron chi connectivity index (χ0n) is 30.8. The number of unbranched alkanes of at least 4 members (excludes halogenated alkanes) is 1. The maximum absolute atomic E-state index is 13.9. The van der Waals surface area contributed by atoms with Crippen LogP contribution < -0.4 is 9.47 Å². The first-order valence-electron chi connectivity index (χ1n) is 19.4. The molecule has 2 heterocycles. The molecule has 3 aromatic carbocycles. The molecule has 9 nitrogen and oxygen atoms in total. The summed E-state index contributed by atoms with van der Waals surface area (Å²) in [5.74, 6) is 0.878. The van der Waals surface area contributed by atoms with Crippen molar-refractivity contribution in [2.24, 2.45) is 11.8 Å². The van der Waals surface area contributed by atoms with Crippen molar-refractivity contribution in [3.8, 4) is 11.5 Å². The normalized spacial score (nSPS) is 24.3. The summed E-state index contributed by atoms with van der Waals surface area (Å²) in [7, 11) is 0. The molecule has 2 fully saturated rings. The number of hydrogen-bond acceptors (Lipinski definition) is 8. The van der Waals surface area contributed by atoms with E-state index in [9.17, 15) is 14.7 Å². The molecule has 3 aromatic rings. The van der Waals surface area contributed by atoms with Gasteiger partial charge in [0.05, 0.1) is 18.2 Å². The van der Waals surface area contributed by atoms with E-state index in [4.69, 9.17) is 18.9 Å². The van der Waals surface area contributed by atoms with Gasteiger partial charge in [-0.05, 0) is 99.8 Å². The molecule has 9 heteroatoms. The highest BCUT2D eigenvalue weighted by Gasteiger charge is 2.48. The van der Waals surface area contributed by atoms with Gasteiger partial charge in [0.25, 0.3) is 0 Å². The third-order valence-corrected chi connectivity index (χ3v) is 11.1. The Morgan fingerprint density at radius 2 is 1.56 bits per heavy atom. The molecule has 3 aliphatic rings. The largest absolute Gasteiger partial charge is 0.454 e. The third-order valence-electron chi connectivity index (χ3n) is 11.1. The maximum Gasteiger partial charge on any atom is 0.410 e. The molecule has 1 aliphatic carbocycles. The summed E-state index contributed by atoms with van der Waals surface area (Å²) >= 11 is 0. The fraction of sp³-hybridized carbons (Fsp3) is 0.535. The Bertz CT molecular complexity index is 1570. The van der Waals surface area contributed by atoms with Gasteiger partial charge in [0.15, 0.2) is 11.5 Å². The van der Waals surface area contributed by atoms with Gasteiger partial charge in [0.2, 0.25) is 6.79 Å². The molecule has 0 bridgehead atoms. The van der Waals surface area contributed by atoms with Crippen molar-refractivity contribution in [1.82, 2.24) is 9.80 Å². The highest BCUT2D eigenvalue weighted by Crippen LogP contribution is 2.39. The minimum absolute atomic E-state index is 0.0944. The number of nitrogens with zero attached hydrogens (tertiary/aromatic N) is 2. The number of fused-ring (bicyclic) bond motifs is 1. The molecule has 0 radical (unpaired) electrons. The smallest absolute Gasteiger partial charge is 0.410 e. The average Bonchev–Trinajstić information content (AvgIpc) is 3.68. The van der Waals surface area contributed by atoms with Gasteiger partial charge in [-0.25, -0.2) is 9.59 Å². The predicted octanol–water partition coefficient (Wildman–Crippen LogP) is 8.04. The van der Waals surface area contributed by atoms with Gasteiger partial charge >= 0.3 is 12.1 Å². The summed E-state index contributed by atoms with van der Waals surface area (Å²) in [5, 5.41) is 11.9. The van der Waals surface area contributed by atoms with E-state index in [1.54, 1.807) is 17.0 Å². The van der Waals surface area contributed by atoms with E-state index in [0.717, 1.165) is 94.4 Å². The average molecular weight is 713 g/mol. The molecular weight excluding hydrogens is 656 g/mol. The summed E-state index contributed by atoms with van der Waals surface area (Å²) in [6.45, 7) is 5.39. The molecule has 280 valence electrons.